The molecular weight excluding hydrogens is 284 g/mol. The lowest BCUT2D eigenvalue weighted by Gasteiger charge is -2.04. The van der Waals surface area contributed by atoms with Crippen molar-refractivity contribution in [3.63, 3.8) is 0 Å². The minimum absolute atomic E-state index is 0.0978. The molecule has 110 valence electrons. The van der Waals surface area contributed by atoms with Crippen LogP contribution in [-0.4, -0.2) is 22.0 Å². The number of para-hydroxylation sites is 1. The molecule has 1 amide bonds. The first-order chi connectivity index (χ1) is 10.6. The molecule has 0 aliphatic carbocycles. The number of rotatable bonds is 4. The standard InChI is InChI=1S/C16H12N2O4/c19-15(17-9-11-6-8-14(22-11)16(20)21)13-7-5-10-3-1-2-4-12(10)18-13/h1-8H,9H2,(H,17,19)(H,20,21). The van der Waals surface area contributed by atoms with E-state index in [2.05, 4.69) is 10.3 Å². The Hall–Kier alpha value is -3.15. The highest BCUT2D eigenvalue weighted by Gasteiger charge is 2.11. The predicted octanol–water partition coefficient (Wildman–Crippen LogP) is 2.46. The topological polar surface area (TPSA) is 92.4 Å². The van der Waals surface area contributed by atoms with E-state index in [0.717, 1.165) is 10.9 Å². The van der Waals surface area contributed by atoms with Crippen molar-refractivity contribution in [3.05, 3.63) is 65.7 Å². The van der Waals surface area contributed by atoms with Gasteiger partial charge < -0.3 is 14.8 Å². The van der Waals surface area contributed by atoms with Crippen LogP contribution in [-0.2, 0) is 6.54 Å². The lowest BCUT2D eigenvalue weighted by molar-refractivity contribution is 0.0660. The second kappa shape index (κ2) is 5.69. The van der Waals surface area contributed by atoms with Gasteiger partial charge in [0.2, 0.25) is 5.76 Å². The summed E-state index contributed by atoms with van der Waals surface area (Å²) >= 11 is 0. The van der Waals surface area contributed by atoms with E-state index in [9.17, 15) is 9.59 Å². The number of amides is 1. The number of fused-ring (bicyclic) bond motifs is 1. The Morgan fingerprint density at radius 3 is 2.68 bits per heavy atom. The SMILES string of the molecule is O=C(NCc1ccc(C(=O)O)o1)c1ccc2ccccc2n1. The Balaban J connectivity index is 1.71. The zero-order chi connectivity index (χ0) is 15.5. The molecule has 1 aromatic carbocycles. The van der Waals surface area contributed by atoms with E-state index in [4.69, 9.17) is 9.52 Å². The van der Waals surface area contributed by atoms with Crippen molar-refractivity contribution >= 4 is 22.8 Å². The van der Waals surface area contributed by atoms with Gasteiger partial charge in [-0.3, -0.25) is 4.79 Å². The Kier molecular flexibility index (Phi) is 3.57. The first-order valence-electron chi connectivity index (χ1n) is 6.59. The molecule has 2 N–H and O–H groups in total. The smallest absolute Gasteiger partial charge is 0.371 e. The van der Waals surface area contributed by atoms with Crippen LogP contribution in [0.3, 0.4) is 0 Å². The second-order valence-electron chi connectivity index (χ2n) is 4.64. The summed E-state index contributed by atoms with van der Waals surface area (Å²) in [5.74, 6) is -1.28. The first-order valence-corrected chi connectivity index (χ1v) is 6.59. The summed E-state index contributed by atoms with van der Waals surface area (Å²) in [4.78, 5) is 27.1. The molecule has 0 fully saturated rings. The quantitative estimate of drug-likeness (QED) is 0.771. The van der Waals surface area contributed by atoms with Crippen LogP contribution < -0.4 is 5.32 Å². The van der Waals surface area contributed by atoms with Crippen molar-refractivity contribution < 1.29 is 19.1 Å². The fourth-order valence-corrected chi connectivity index (χ4v) is 2.04. The third-order valence-electron chi connectivity index (χ3n) is 3.13. The lowest BCUT2D eigenvalue weighted by Crippen LogP contribution is -2.23. The Labute approximate surface area is 125 Å². The number of hydrogen-bond donors (Lipinski definition) is 2. The predicted molar refractivity (Wildman–Crippen MR) is 78.6 cm³/mol. The van der Waals surface area contributed by atoms with E-state index >= 15 is 0 Å². The first kappa shape index (κ1) is 13.8. The van der Waals surface area contributed by atoms with Crippen molar-refractivity contribution in [2.45, 2.75) is 6.54 Å². The van der Waals surface area contributed by atoms with Gasteiger partial charge in [0.1, 0.15) is 11.5 Å². The van der Waals surface area contributed by atoms with Crippen LogP contribution in [0.5, 0.6) is 0 Å². The number of carboxylic acids is 1. The number of aromatic nitrogens is 1. The van der Waals surface area contributed by atoms with Gasteiger partial charge in [-0.05, 0) is 24.3 Å². The van der Waals surface area contributed by atoms with Crippen LogP contribution in [0.1, 0.15) is 26.8 Å². The molecule has 6 heteroatoms. The minimum Gasteiger partial charge on any atom is -0.475 e. The number of nitrogens with zero attached hydrogens (tertiary/aromatic N) is 1. The highest BCUT2D eigenvalue weighted by Crippen LogP contribution is 2.12. The zero-order valence-corrected chi connectivity index (χ0v) is 11.4. The molecule has 22 heavy (non-hydrogen) atoms. The maximum absolute atomic E-state index is 12.1. The fraction of sp³-hybridized carbons (Fsp3) is 0.0625. The lowest BCUT2D eigenvalue weighted by atomic mass is 10.2. The summed E-state index contributed by atoms with van der Waals surface area (Å²) in [6, 6.07) is 13.8. The number of carboxylic acid groups (broad SMARTS) is 1. The summed E-state index contributed by atoms with van der Waals surface area (Å²) in [7, 11) is 0. The van der Waals surface area contributed by atoms with Crippen molar-refractivity contribution in [3.8, 4) is 0 Å². The van der Waals surface area contributed by atoms with Gasteiger partial charge >= 0.3 is 5.97 Å². The summed E-state index contributed by atoms with van der Waals surface area (Å²) in [6.07, 6.45) is 0. The van der Waals surface area contributed by atoms with E-state index in [1.54, 1.807) is 6.07 Å². The van der Waals surface area contributed by atoms with Gasteiger partial charge in [-0.2, -0.15) is 0 Å². The van der Waals surface area contributed by atoms with Gasteiger partial charge in [0.05, 0.1) is 12.1 Å². The van der Waals surface area contributed by atoms with E-state index < -0.39 is 5.97 Å². The third-order valence-corrected chi connectivity index (χ3v) is 3.13. The normalized spacial score (nSPS) is 10.5. The highest BCUT2D eigenvalue weighted by molar-refractivity contribution is 5.94. The molecule has 0 atom stereocenters. The number of furan rings is 1. The Morgan fingerprint density at radius 2 is 1.91 bits per heavy atom. The molecule has 3 aromatic rings. The number of aromatic carboxylic acids is 1. The summed E-state index contributed by atoms with van der Waals surface area (Å²) < 4.78 is 5.07. The van der Waals surface area contributed by atoms with E-state index in [1.807, 2.05) is 30.3 Å². The molecule has 0 saturated heterocycles. The molecule has 0 saturated carbocycles. The average Bonchev–Trinajstić information content (AvgIpc) is 3.01. The summed E-state index contributed by atoms with van der Waals surface area (Å²) in [5.41, 5.74) is 1.03. The maximum atomic E-state index is 12.1. The molecule has 0 bridgehead atoms. The molecule has 0 radical (unpaired) electrons. The average molecular weight is 296 g/mol. The van der Waals surface area contributed by atoms with Crippen molar-refractivity contribution in [2.75, 3.05) is 0 Å². The van der Waals surface area contributed by atoms with Crippen LogP contribution in [0, 0.1) is 0 Å². The maximum Gasteiger partial charge on any atom is 0.371 e. The molecule has 2 aromatic heterocycles. The number of nitrogens with one attached hydrogen (secondary N) is 1. The highest BCUT2D eigenvalue weighted by atomic mass is 16.4. The van der Waals surface area contributed by atoms with Gasteiger partial charge in [-0.1, -0.05) is 24.3 Å². The van der Waals surface area contributed by atoms with Crippen LogP contribution >= 0.6 is 0 Å². The zero-order valence-electron chi connectivity index (χ0n) is 11.4. The van der Waals surface area contributed by atoms with Gasteiger partial charge in [0, 0.05) is 5.39 Å². The summed E-state index contributed by atoms with van der Waals surface area (Å²) in [5, 5.41) is 12.4. The van der Waals surface area contributed by atoms with Gasteiger partial charge in [-0.25, -0.2) is 9.78 Å². The monoisotopic (exact) mass is 296 g/mol. The van der Waals surface area contributed by atoms with E-state index in [0.29, 0.717) is 11.5 Å². The Morgan fingerprint density at radius 1 is 1.09 bits per heavy atom. The molecular formula is C16H12N2O4. The minimum atomic E-state index is -1.14. The number of hydrogen-bond acceptors (Lipinski definition) is 4. The Bertz CT molecular complexity index is 854. The van der Waals surface area contributed by atoms with Crippen LogP contribution in [0.4, 0.5) is 0 Å². The largest absolute Gasteiger partial charge is 0.475 e. The van der Waals surface area contributed by atoms with Crippen LogP contribution in [0.2, 0.25) is 0 Å². The number of carbonyl (C=O) groups is 2. The van der Waals surface area contributed by atoms with Crippen molar-refractivity contribution in [2.24, 2.45) is 0 Å². The molecule has 0 aliphatic rings. The molecule has 6 nitrogen and oxygen atoms in total. The number of pyridine rings is 1. The van der Waals surface area contributed by atoms with Gasteiger partial charge in [-0.15, -0.1) is 0 Å². The third kappa shape index (κ3) is 2.80. The van der Waals surface area contributed by atoms with E-state index in [1.165, 1.54) is 12.1 Å². The fourth-order valence-electron chi connectivity index (χ4n) is 2.04. The molecule has 2 heterocycles. The van der Waals surface area contributed by atoms with Gasteiger partial charge in [0.15, 0.2) is 0 Å². The second-order valence-corrected chi connectivity index (χ2v) is 4.64. The number of benzene rings is 1. The molecule has 0 spiro atoms. The molecule has 3 rings (SSSR count). The molecule has 0 aliphatic heterocycles. The van der Waals surface area contributed by atoms with Crippen molar-refractivity contribution in [1.82, 2.24) is 10.3 Å². The van der Waals surface area contributed by atoms with E-state index in [-0.39, 0.29) is 18.2 Å². The van der Waals surface area contributed by atoms with Gasteiger partial charge in [0.25, 0.3) is 5.91 Å². The van der Waals surface area contributed by atoms with Crippen LogP contribution in [0.15, 0.2) is 52.9 Å². The summed E-state index contributed by atoms with van der Waals surface area (Å²) in [6.45, 7) is 0.0978. The van der Waals surface area contributed by atoms with Crippen LogP contribution in [0.25, 0.3) is 10.9 Å². The molecule has 0 unspecified atom stereocenters. The number of carbonyl (C=O) groups excluding carboxylic acids is 1. The van der Waals surface area contributed by atoms with Crippen molar-refractivity contribution in [1.29, 1.82) is 0 Å².